The lowest BCUT2D eigenvalue weighted by atomic mass is 9.88. The first-order valence-corrected chi connectivity index (χ1v) is 12.9. The summed E-state index contributed by atoms with van der Waals surface area (Å²) in [5.74, 6) is 6.46. The van der Waals surface area contributed by atoms with Crippen LogP contribution in [-0.4, -0.2) is 100 Å². The number of ether oxygens (including phenoxy) is 1. The minimum atomic E-state index is -0.287. The Morgan fingerprint density at radius 3 is 2.44 bits per heavy atom. The van der Waals surface area contributed by atoms with Crippen LogP contribution in [0.4, 0.5) is 5.69 Å². The van der Waals surface area contributed by atoms with Crippen LogP contribution in [0.5, 0.6) is 0 Å². The number of carbonyl (C=O) groups is 1. The molecule has 34 heavy (non-hydrogen) atoms. The Hall–Kier alpha value is -2.07. The zero-order valence-corrected chi connectivity index (χ0v) is 22.2. The molecule has 1 aromatic carbocycles. The van der Waals surface area contributed by atoms with Crippen molar-refractivity contribution in [1.29, 1.82) is 0 Å². The number of anilines is 1. The van der Waals surface area contributed by atoms with E-state index in [1.54, 1.807) is 0 Å². The van der Waals surface area contributed by atoms with Gasteiger partial charge >= 0.3 is 5.97 Å². The molecule has 1 aromatic rings. The minimum absolute atomic E-state index is 0.287. The van der Waals surface area contributed by atoms with Crippen molar-refractivity contribution in [1.82, 2.24) is 14.7 Å². The van der Waals surface area contributed by atoms with E-state index in [0.717, 1.165) is 56.1 Å². The molecule has 0 atom stereocenters. The Labute approximate surface area is 207 Å². The SMILES string of the molecule is CCN(c1cc(C#CCN2CCCN(C)CC2)cc(C(=O)OC)c1C)C1CCC(N(C)C)CC1. The van der Waals surface area contributed by atoms with Crippen molar-refractivity contribution in [2.24, 2.45) is 0 Å². The maximum Gasteiger partial charge on any atom is 0.338 e. The fourth-order valence-corrected chi connectivity index (χ4v) is 5.41. The molecule has 188 valence electrons. The van der Waals surface area contributed by atoms with Gasteiger partial charge in [0.25, 0.3) is 0 Å². The van der Waals surface area contributed by atoms with Gasteiger partial charge in [0.15, 0.2) is 0 Å². The number of methoxy groups -OCH3 is 1. The summed E-state index contributed by atoms with van der Waals surface area (Å²) in [6, 6.07) is 5.25. The molecule has 0 N–H and O–H groups in total. The molecule has 0 unspecified atom stereocenters. The second-order valence-corrected chi connectivity index (χ2v) is 10.1. The molecule has 0 spiro atoms. The number of carbonyl (C=O) groups excluding carboxylic acids is 1. The molecular weight excluding hydrogens is 424 g/mol. The van der Waals surface area contributed by atoms with Crippen LogP contribution >= 0.6 is 0 Å². The molecule has 0 bridgehead atoms. The summed E-state index contributed by atoms with van der Waals surface area (Å²) in [5, 5.41) is 0. The van der Waals surface area contributed by atoms with Gasteiger partial charge in [0.2, 0.25) is 0 Å². The largest absolute Gasteiger partial charge is 0.465 e. The van der Waals surface area contributed by atoms with Gasteiger partial charge in [-0.2, -0.15) is 0 Å². The van der Waals surface area contributed by atoms with Gasteiger partial charge < -0.3 is 19.4 Å². The summed E-state index contributed by atoms with van der Waals surface area (Å²) in [6.45, 7) is 10.3. The third-order valence-electron chi connectivity index (χ3n) is 7.62. The fourth-order valence-electron chi connectivity index (χ4n) is 5.41. The van der Waals surface area contributed by atoms with E-state index in [1.807, 2.05) is 13.0 Å². The number of benzene rings is 1. The van der Waals surface area contributed by atoms with Crippen molar-refractivity contribution in [3.05, 3.63) is 28.8 Å². The molecule has 6 heteroatoms. The maximum absolute atomic E-state index is 12.6. The molecule has 1 aliphatic carbocycles. The van der Waals surface area contributed by atoms with Crippen LogP contribution in [0.25, 0.3) is 0 Å². The normalized spacial score (nSPS) is 22.1. The Kier molecular flexibility index (Phi) is 9.82. The van der Waals surface area contributed by atoms with E-state index in [2.05, 4.69) is 65.6 Å². The third kappa shape index (κ3) is 6.75. The summed E-state index contributed by atoms with van der Waals surface area (Å²) < 4.78 is 5.13. The molecule has 2 fully saturated rings. The zero-order chi connectivity index (χ0) is 24.7. The summed E-state index contributed by atoms with van der Waals surface area (Å²) in [7, 11) is 8.00. The van der Waals surface area contributed by atoms with Gasteiger partial charge in [0.05, 0.1) is 19.2 Å². The molecule has 0 radical (unpaired) electrons. The molecule has 0 aromatic heterocycles. The van der Waals surface area contributed by atoms with Crippen molar-refractivity contribution in [2.45, 2.75) is 58.0 Å². The van der Waals surface area contributed by atoms with E-state index in [9.17, 15) is 4.79 Å². The van der Waals surface area contributed by atoms with Crippen LogP contribution in [0, 0.1) is 18.8 Å². The number of rotatable bonds is 6. The lowest BCUT2D eigenvalue weighted by Gasteiger charge is -2.40. The molecule has 1 saturated carbocycles. The van der Waals surface area contributed by atoms with Gasteiger partial charge in [-0.3, -0.25) is 4.90 Å². The first kappa shape index (κ1) is 26.5. The van der Waals surface area contributed by atoms with Gasteiger partial charge in [-0.25, -0.2) is 4.79 Å². The average molecular weight is 469 g/mol. The molecule has 3 rings (SSSR count). The smallest absolute Gasteiger partial charge is 0.338 e. The molecule has 1 aliphatic heterocycles. The summed E-state index contributed by atoms with van der Waals surface area (Å²) >= 11 is 0. The highest BCUT2D eigenvalue weighted by atomic mass is 16.5. The van der Waals surface area contributed by atoms with Gasteiger partial charge in [-0.15, -0.1) is 0 Å². The fraction of sp³-hybridized carbons (Fsp3) is 0.679. The van der Waals surface area contributed by atoms with E-state index in [4.69, 9.17) is 4.74 Å². The predicted octanol–water partition coefficient (Wildman–Crippen LogP) is 3.47. The third-order valence-corrected chi connectivity index (χ3v) is 7.62. The van der Waals surface area contributed by atoms with Crippen molar-refractivity contribution >= 4 is 11.7 Å². The van der Waals surface area contributed by atoms with E-state index in [0.29, 0.717) is 17.6 Å². The number of likely N-dealkylation sites (N-methyl/N-ethyl adjacent to an activating group) is 1. The van der Waals surface area contributed by atoms with Crippen molar-refractivity contribution in [2.75, 3.05) is 72.4 Å². The van der Waals surface area contributed by atoms with E-state index >= 15 is 0 Å². The van der Waals surface area contributed by atoms with Crippen molar-refractivity contribution < 1.29 is 9.53 Å². The number of nitrogens with zero attached hydrogens (tertiary/aromatic N) is 4. The van der Waals surface area contributed by atoms with Crippen molar-refractivity contribution in [3.8, 4) is 11.8 Å². The van der Waals surface area contributed by atoms with Crippen LogP contribution in [0.2, 0.25) is 0 Å². The minimum Gasteiger partial charge on any atom is -0.465 e. The van der Waals surface area contributed by atoms with E-state index < -0.39 is 0 Å². The predicted molar refractivity (Wildman–Crippen MR) is 141 cm³/mol. The van der Waals surface area contributed by atoms with Crippen LogP contribution in [0.15, 0.2) is 12.1 Å². The van der Waals surface area contributed by atoms with Gasteiger partial charge in [-0.1, -0.05) is 11.8 Å². The van der Waals surface area contributed by atoms with E-state index in [1.165, 1.54) is 39.2 Å². The monoisotopic (exact) mass is 468 g/mol. The van der Waals surface area contributed by atoms with Gasteiger partial charge in [0, 0.05) is 49.5 Å². The first-order chi connectivity index (χ1) is 16.3. The molecular formula is C28H44N4O2. The molecule has 0 amide bonds. The Morgan fingerprint density at radius 2 is 1.79 bits per heavy atom. The lowest BCUT2D eigenvalue weighted by Crippen LogP contribution is -2.42. The average Bonchev–Trinajstić information content (AvgIpc) is 3.05. The number of esters is 1. The quantitative estimate of drug-likeness (QED) is 0.470. The van der Waals surface area contributed by atoms with Crippen LogP contribution in [-0.2, 0) is 4.74 Å². The van der Waals surface area contributed by atoms with Gasteiger partial charge in [0.1, 0.15) is 0 Å². The zero-order valence-electron chi connectivity index (χ0n) is 22.2. The highest BCUT2D eigenvalue weighted by molar-refractivity contribution is 5.93. The Balaban J connectivity index is 1.84. The summed E-state index contributed by atoms with van der Waals surface area (Å²) in [5.41, 5.74) is 3.64. The first-order valence-electron chi connectivity index (χ1n) is 12.9. The summed E-state index contributed by atoms with van der Waals surface area (Å²) in [4.78, 5) is 22.3. The summed E-state index contributed by atoms with van der Waals surface area (Å²) in [6.07, 6.45) is 5.94. The highest BCUT2D eigenvalue weighted by Gasteiger charge is 2.28. The molecule has 1 saturated heterocycles. The number of hydrogen-bond donors (Lipinski definition) is 0. The second-order valence-electron chi connectivity index (χ2n) is 10.1. The number of hydrogen-bond acceptors (Lipinski definition) is 6. The maximum atomic E-state index is 12.6. The Bertz CT molecular complexity index is 880. The standard InChI is InChI=1S/C28H44N4O2/c1-7-32(25-13-11-24(12-14-25)29(3)4)27-21-23(20-26(22(27)2)28(33)34-6)10-8-16-31-17-9-15-30(5)18-19-31/h20-21,24-25H,7,9,11-19H2,1-6H3. The van der Waals surface area contributed by atoms with Crippen LogP contribution in [0.3, 0.4) is 0 Å². The Morgan fingerprint density at radius 1 is 1.09 bits per heavy atom. The molecule has 2 aliphatic rings. The van der Waals surface area contributed by atoms with Crippen molar-refractivity contribution in [3.63, 3.8) is 0 Å². The highest BCUT2D eigenvalue weighted by Crippen LogP contribution is 2.33. The molecule has 1 heterocycles. The van der Waals surface area contributed by atoms with E-state index in [-0.39, 0.29) is 5.97 Å². The second kappa shape index (κ2) is 12.6. The molecule has 6 nitrogen and oxygen atoms in total. The topological polar surface area (TPSA) is 39.3 Å². The van der Waals surface area contributed by atoms with Gasteiger partial charge in [-0.05, 0) is 91.3 Å². The van der Waals surface area contributed by atoms with Crippen LogP contribution in [0.1, 0.15) is 60.5 Å². The van der Waals surface area contributed by atoms with Crippen LogP contribution < -0.4 is 4.90 Å². The lowest BCUT2D eigenvalue weighted by molar-refractivity contribution is 0.0600.